The van der Waals surface area contributed by atoms with E-state index in [1.807, 2.05) is 18.2 Å². The van der Waals surface area contributed by atoms with Gasteiger partial charge in [-0.15, -0.1) is 0 Å². The van der Waals surface area contributed by atoms with E-state index in [2.05, 4.69) is 23.9 Å². The third kappa shape index (κ3) is 4.79. The summed E-state index contributed by atoms with van der Waals surface area (Å²) in [7, 11) is 0. The minimum Gasteiger partial charge on any atom is -0.478 e. The molecule has 1 saturated heterocycles. The second-order valence-electron chi connectivity index (χ2n) is 10.2. The Hall–Kier alpha value is -2.65. The number of hydrogen-bond acceptors (Lipinski definition) is 7. The van der Waals surface area contributed by atoms with Crippen LogP contribution in [0, 0.1) is 0 Å². The summed E-state index contributed by atoms with van der Waals surface area (Å²) in [6.45, 7) is 4.75. The Labute approximate surface area is 234 Å². The zero-order valence-corrected chi connectivity index (χ0v) is 23.3. The quantitative estimate of drug-likeness (QED) is 0.242. The lowest BCUT2D eigenvalue weighted by atomic mass is 9.95. The van der Waals surface area contributed by atoms with Crippen LogP contribution >= 0.6 is 34.5 Å². The van der Waals surface area contributed by atoms with Crippen molar-refractivity contribution >= 4 is 55.9 Å². The molecule has 0 amide bonds. The van der Waals surface area contributed by atoms with Crippen LogP contribution in [0.4, 0.5) is 5.13 Å². The van der Waals surface area contributed by atoms with Crippen LogP contribution in [-0.4, -0.2) is 39.4 Å². The van der Waals surface area contributed by atoms with E-state index in [4.69, 9.17) is 37.4 Å². The molecule has 198 valence electrons. The number of rotatable bonds is 7. The first-order valence-electron chi connectivity index (χ1n) is 12.8. The van der Waals surface area contributed by atoms with E-state index in [0.717, 1.165) is 52.4 Å². The molecule has 38 heavy (non-hydrogen) atoms. The van der Waals surface area contributed by atoms with Crippen molar-refractivity contribution in [3.8, 4) is 11.3 Å². The van der Waals surface area contributed by atoms with Crippen LogP contribution in [-0.2, 0) is 11.3 Å². The topological polar surface area (TPSA) is 88.7 Å². The van der Waals surface area contributed by atoms with Crippen LogP contribution in [0.15, 0.2) is 40.9 Å². The minimum atomic E-state index is -0.931. The van der Waals surface area contributed by atoms with Gasteiger partial charge in [0.25, 0.3) is 0 Å². The molecule has 0 unspecified atom stereocenters. The fraction of sp³-hybridized carbons (Fsp3) is 0.393. The average Bonchev–Trinajstić information content (AvgIpc) is 3.49. The van der Waals surface area contributed by atoms with Crippen molar-refractivity contribution in [3.05, 3.63) is 63.3 Å². The summed E-state index contributed by atoms with van der Waals surface area (Å²) in [5, 5.41) is 15.7. The summed E-state index contributed by atoms with van der Waals surface area (Å²) in [5.41, 5.74) is 3.38. The largest absolute Gasteiger partial charge is 0.478 e. The molecule has 2 aromatic carbocycles. The van der Waals surface area contributed by atoms with Crippen LogP contribution in [0.3, 0.4) is 0 Å². The molecule has 1 aliphatic carbocycles. The van der Waals surface area contributed by atoms with Crippen molar-refractivity contribution in [1.82, 2.24) is 10.1 Å². The van der Waals surface area contributed by atoms with Crippen LogP contribution < -0.4 is 4.90 Å². The Morgan fingerprint density at radius 1 is 1.16 bits per heavy atom. The number of fused-ring (bicyclic) bond motifs is 1. The number of aromatic carboxylic acids is 1. The van der Waals surface area contributed by atoms with Gasteiger partial charge in [-0.05, 0) is 69.9 Å². The van der Waals surface area contributed by atoms with Gasteiger partial charge in [-0.25, -0.2) is 9.78 Å². The first kappa shape index (κ1) is 25.6. The standard InChI is InChI=1S/C28H27Cl2N3O4S/c1-14-10-18(11-15(2)33(14)28-31-22-9-8-17(27(34)35)12-23(22)38-28)36-13-19-25(32-37-26(19)16-6-7-16)24-20(29)4-3-5-21(24)30/h3-5,8-9,12,14-16,18H,6-7,10-11,13H2,1-2H3,(H,34,35)/t14-,15-/m0/s1. The van der Waals surface area contributed by atoms with Gasteiger partial charge < -0.3 is 19.3 Å². The maximum atomic E-state index is 11.4. The minimum absolute atomic E-state index is 0.0563. The molecule has 4 aromatic rings. The number of halogens is 2. The van der Waals surface area contributed by atoms with Crippen LogP contribution in [0.25, 0.3) is 21.5 Å². The zero-order chi connectivity index (χ0) is 26.6. The van der Waals surface area contributed by atoms with Gasteiger partial charge in [-0.3, -0.25) is 0 Å². The average molecular weight is 573 g/mol. The molecule has 2 fully saturated rings. The monoisotopic (exact) mass is 571 g/mol. The second-order valence-corrected chi connectivity index (χ2v) is 12.1. The Morgan fingerprint density at radius 3 is 2.53 bits per heavy atom. The molecule has 1 aliphatic heterocycles. The number of benzene rings is 2. The van der Waals surface area contributed by atoms with Gasteiger partial charge in [0.1, 0.15) is 11.5 Å². The van der Waals surface area contributed by atoms with Crippen LogP contribution in [0.2, 0.25) is 10.0 Å². The fourth-order valence-corrected chi connectivity index (χ4v) is 7.22. The fourth-order valence-electron chi connectivity index (χ4n) is 5.44. The first-order valence-corrected chi connectivity index (χ1v) is 14.3. The number of carboxylic acid groups (broad SMARTS) is 1. The smallest absolute Gasteiger partial charge is 0.335 e. The summed E-state index contributed by atoms with van der Waals surface area (Å²) < 4.78 is 13.2. The third-order valence-electron chi connectivity index (χ3n) is 7.43. The number of ether oxygens (including phenoxy) is 1. The number of anilines is 1. The molecule has 2 aliphatic rings. The third-order valence-corrected chi connectivity index (χ3v) is 9.09. The van der Waals surface area contributed by atoms with E-state index in [-0.39, 0.29) is 23.8 Å². The molecular weight excluding hydrogens is 545 g/mol. The van der Waals surface area contributed by atoms with Crippen molar-refractivity contribution < 1.29 is 19.2 Å². The SMILES string of the molecule is C[C@H]1CC(OCc2c(-c3c(Cl)cccc3Cl)noc2C2CC2)C[C@H](C)N1c1nc2ccc(C(=O)O)cc2s1. The highest BCUT2D eigenvalue weighted by Crippen LogP contribution is 2.46. The van der Waals surface area contributed by atoms with Gasteiger partial charge in [0.15, 0.2) is 5.13 Å². The molecule has 0 bridgehead atoms. The Balaban J connectivity index is 1.20. The molecule has 0 radical (unpaired) electrons. The van der Waals surface area contributed by atoms with E-state index in [1.54, 1.807) is 18.2 Å². The van der Waals surface area contributed by atoms with Gasteiger partial charge in [0.2, 0.25) is 0 Å². The molecule has 1 N–H and O–H groups in total. The zero-order valence-electron chi connectivity index (χ0n) is 21.0. The summed E-state index contributed by atoms with van der Waals surface area (Å²) in [4.78, 5) is 18.5. The number of thiazole rings is 1. The first-order chi connectivity index (χ1) is 18.3. The molecule has 0 spiro atoms. The molecule has 3 heterocycles. The van der Waals surface area contributed by atoms with Crippen molar-refractivity contribution in [1.29, 1.82) is 0 Å². The summed E-state index contributed by atoms with van der Waals surface area (Å²) >= 11 is 14.6. The Bertz CT molecular complexity index is 1480. The maximum absolute atomic E-state index is 11.4. The Morgan fingerprint density at radius 2 is 1.87 bits per heavy atom. The lowest BCUT2D eigenvalue weighted by Gasteiger charge is -2.42. The Kier molecular flexibility index (Phi) is 6.84. The molecule has 10 heteroatoms. The van der Waals surface area contributed by atoms with Crippen LogP contribution in [0.1, 0.15) is 67.1 Å². The van der Waals surface area contributed by atoms with E-state index in [0.29, 0.717) is 33.8 Å². The van der Waals surface area contributed by atoms with Gasteiger partial charge in [0, 0.05) is 29.1 Å². The number of piperidine rings is 1. The highest BCUT2D eigenvalue weighted by molar-refractivity contribution is 7.22. The van der Waals surface area contributed by atoms with E-state index in [1.165, 1.54) is 11.3 Å². The maximum Gasteiger partial charge on any atom is 0.335 e. The lowest BCUT2D eigenvalue weighted by Crippen LogP contribution is -2.49. The molecule has 2 aromatic heterocycles. The lowest BCUT2D eigenvalue weighted by molar-refractivity contribution is 0.00974. The molecule has 7 nitrogen and oxygen atoms in total. The molecule has 1 saturated carbocycles. The van der Waals surface area contributed by atoms with Gasteiger partial charge >= 0.3 is 5.97 Å². The van der Waals surface area contributed by atoms with Crippen molar-refractivity contribution in [2.24, 2.45) is 0 Å². The summed E-state index contributed by atoms with van der Waals surface area (Å²) in [6.07, 6.45) is 3.90. The molecule has 6 rings (SSSR count). The number of aromatic nitrogens is 2. The second kappa shape index (κ2) is 10.2. The van der Waals surface area contributed by atoms with Crippen molar-refractivity contribution in [2.45, 2.75) is 70.2 Å². The highest BCUT2D eigenvalue weighted by Gasteiger charge is 2.36. The van der Waals surface area contributed by atoms with E-state index < -0.39 is 5.97 Å². The molecular formula is C28H27Cl2N3O4S. The van der Waals surface area contributed by atoms with Gasteiger partial charge in [-0.2, -0.15) is 0 Å². The van der Waals surface area contributed by atoms with E-state index in [9.17, 15) is 9.90 Å². The number of hydrogen-bond donors (Lipinski definition) is 1. The summed E-state index contributed by atoms with van der Waals surface area (Å²) in [5.74, 6) is 0.320. The summed E-state index contributed by atoms with van der Waals surface area (Å²) in [6, 6.07) is 10.9. The van der Waals surface area contributed by atoms with Crippen molar-refractivity contribution in [3.63, 3.8) is 0 Å². The highest BCUT2D eigenvalue weighted by atomic mass is 35.5. The number of carbonyl (C=O) groups is 1. The normalized spacial score (nSPS) is 21.8. The number of nitrogens with zero attached hydrogens (tertiary/aromatic N) is 3. The van der Waals surface area contributed by atoms with Crippen LogP contribution in [0.5, 0.6) is 0 Å². The number of carboxylic acids is 1. The predicted molar refractivity (Wildman–Crippen MR) is 150 cm³/mol. The van der Waals surface area contributed by atoms with Crippen molar-refractivity contribution in [2.75, 3.05) is 4.90 Å². The van der Waals surface area contributed by atoms with E-state index >= 15 is 0 Å². The predicted octanol–water partition coefficient (Wildman–Crippen LogP) is 7.80. The molecule has 2 atom stereocenters. The van der Waals surface area contributed by atoms with Gasteiger partial charge in [0.05, 0.1) is 38.5 Å². The van der Waals surface area contributed by atoms with Gasteiger partial charge in [-0.1, -0.05) is 45.8 Å².